The van der Waals surface area contributed by atoms with Crippen LogP contribution in [0.2, 0.25) is 0 Å². The second kappa shape index (κ2) is 5.48. The van der Waals surface area contributed by atoms with Crippen LogP contribution in [0, 0.1) is 29.6 Å². The highest BCUT2D eigenvalue weighted by molar-refractivity contribution is 5.54. The molecule has 1 aromatic heterocycles. The van der Waals surface area contributed by atoms with Gasteiger partial charge in [0.25, 0.3) is 0 Å². The summed E-state index contributed by atoms with van der Waals surface area (Å²) < 4.78 is 0. The van der Waals surface area contributed by atoms with Crippen LogP contribution in [0.3, 0.4) is 0 Å². The molecule has 5 nitrogen and oxygen atoms in total. The van der Waals surface area contributed by atoms with Crippen LogP contribution in [-0.2, 0) is 0 Å². The van der Waals surface area contributed by atoms with Crippen molar-refractivity contribution in [2.45, 2.75) is 6.92 Å². The Hall–Kier alpha value is -2.11. The Kier molecular flexibility index (Phi) is 3.76. The molecule has 0 aliphatic carbocycles. The number of aromatic nitrogens is 1. The first-order valence-electron chi connectivity index (χ1n) is 5.96. The van der Waals surface area contributed by atoms with Crippen molar-refractivity contribution >= 4 is 5.82 Å². The number of rotatable bonds is 2. The molecule has 2 heterocycles. The van der Waals surface area contributed by atoms with Crippen LogP contribution in [0.15, 0.2) is 12.1 Å². The molecule has 1 saturated heterocycles. The van der Waals surface area contributed by atoms with Gasteiger partial charge in [-0.1, -0.05) is 0 Å². The van der Waals surface area contributed by atoms with E-state index in [9.17, 15) is 0 Å². The molecule has 5 heteroatoms. The van der Waals surface area contributed by atoms with Gasteiger partial charge in [0.2, 0.25) is 0 Å². The van der Waals surface area contributed by atoms with E-state index in [1.807, 2.05) is 19.1 Å². The Morgan fingerprint density at radius 3 is 2.56 bits per heavy atom. The van der Waals surface area contributed by atoms with Crippen LogP contribution >= 0.6 is 0 Å². The summed E-state index contributed by atoms with van der Waals surface area (Å²) in [5, 5.41) is 17.8. The van der Waals surface area contributed by atoms with E-state index in [0.29, 0.717) is 12.1 Å². The van der Waals surface area contributed by atoms with Gasteiger partial charge >= 0.3 is 0 Å². The van der Waals surface area contributed by atoms with Crippen molar-refractivity contribution in [1.82, 2.24) is 9.88 Å². The number of nitriles is 2. The summed E-state index contributed by atoms with van der Waals surface area (Å²) in [6.45, 7) is 5.71. The topological polar surface area (TPSA) is 67.0 Å². The van der Waals surface area contributed by atoms with Gasteiger partial charge < -0.3 is 4.90 Å². The van der Waals surface area contributed by atoms with Gasteiger partial charge in [0.05, 0.1) is 18.2 Å². The maximum Gasteiger partial charge on any atom is 0.146 e. The first-order valence-corrected chi connectivity index (χ1v) is 5.96. The number of anilines is 1. The number of nitrogens with zero attached hydrogens (tertiary/aromatic N) is 5. The van der Waals surface area contributed by atoms with E-state index in [2.05, 4.69) is 26.9 Å². The quantitative estimate of drug-likeness (QED) is 0.720. The highest BCUT2D eigenvalue weighted by atomic mass is 15.3. The molecule has 0 aromatic carbocycles. The van der Waals surface area contributed by atoms with E-state index in [-0.39, 0.29) is 0 Å². The normalized spacial score (nSPS) is 16.1. The van der Waals surface area contributed by atoms with Gasteiger partial charge in [-0.3, -0.25) is 4.90 Å². The average molecular weight is 241 g/mol. The second-order valence-electron chi connectivity index (χ2n) is 4.36. The molecule has 92 valence electrons. The number of hydrogen-bond donors (Lipinski definition) is 0. The monoisotopic (exact) mass is 241 g/mol. The maximum absolute atomic E-state index is 9.11. The molecule has 1 aromatic rings. The zero-order valence-electron chi connectivity index (χ0n) is 10.4. The van der Waals surface area contributed by atoms with Crippen LogP contribution in [0.5, 0.6) is 0 Å². The maximum atomic E-state index is 9.11. The average Bonchev–Trinajstić information content (AvgIpc) is 2.40. The number of piperazine rings is 1. The first kappa shape index (κ1) is 12.3. The van der Waals surface area contributed by atoms with E-state index in [1.165, 1.54) is 0 Å². The Morgan fingerprint density at radius 1 is 1.22 bits per heavy atom. The number of aryl methyl sites for hydroxylation is 1. The van der Waals surface area contributed by atoms with Crippen LogP contribution in [-0.4, -0.2) is 42.6 Å². The molecule has 0 amide bonds. The van der Waals surface area contributed by atoms with Crippen molar-refractivity contribution in [2.24, 2.45) is 0 Å². The number of pyridine rings is 1. The van der Waals surface area contributed by atoms with Crippen molar-refractivity contribution < 1.29 is 0 Å². The fourth-order valence-electron chi connectivity index (χ4n) is 2.09. The summed E-state index contributed by atoms with van der Waals surface area (Å²) in [5.74, 6) is 0.772. The van der Waals surface area contributed by atoms with Gasteiger partial charge in [-0.05, 0) is 19.1 Å². The minimum Gasteiger partial charge on any atom is -0.353 e. The van der Waals surface area contributed by atoms with Gasteiger partial charge in [0.15, 0.2) is 0 Å². The Balaban J connectivity index is 2.12. The van der Waals surface area contributed by atoms with Crippen LogP contribution in [0.1, 0.15) is 11.3 Å². The summed E-state index contributed by atoms with van der Waals surface area (Å²) in [4.78, 5) is 8.69. The van der Waals surface area contributed by atoms with Crippen LogP contribution < -0.4 is 4.90 Å². The largest absolute Gasteiger partial charge is 0.353 e. The molecule has 1 aliphatic heterocycles. The minimum atomic E-state index is 0.472. The molecule has 1 fully saturated rings. The molecule has 0 saturated carbocycles. The molecule has 1 aliphatic rings. The molecule has 0 bridgehead atoms. The molecular weight excluding hydrogens is 226 g/mol. The third kappa shape index (κ3) is 2.58. The first-order chi connectivity index (χ1) is 8.74. The lowest BCUT2D eigenvalue weighted by Crippen LogP contribution is -2.47. The van der Waals surface area contributed by atoms with Crippen molar-refractivity contribution in [2.75, 3.05) is 37.6 Å². The number of hydrogen-bond acceptors (Lipinski definition) is 5. The predicted octanol–water partition coefficient (Wildman–Crippen LogP) is 0.907. The van der Waals surface area contributed by atoms with Gasteiger partial charge in [-0.25, -0.2) is 4.98 Å². The predicted molar refractivity (Wildman–Crippen MR) is 68.0 cm³/mol. The van der Waals surface area contributed by atoms with Crippen molar-refractivity contribution in [1.29, 1.82) is 10.5 Å². The van der Waals surface area contributed by atoms with Crippen LogP contribution in [0.4, 0.5) is 5.82 Å². The lowest BCUT2D eigenvalue weighted by Gasteiger charge is -2.34. The summed E-state index contributed by atoms with van der Waals surface area (Å²) in [6, 6.07) is 8.02. The van der Waals surface area contributed by atoms with E-state index >= 15 is 0 Å². The Labute approximate surface area is 107 Å². The fourth-order valence-corrected chi connectivity index (χ4v) is 2.09. The molecule has 0 radical (unpaired) electrons. The van der Waals surface area contributed by atoms with Gasteiger partial charge in [-0.15, -0.1) is 0 Å². The Bertz CT molecular complexity index is 503. The van der Waals surface area contributed by atoms with Crippen molar-refractivity contribution in [3.05, 3.63) is 23.4 Å². The van der Waals surface area contributed by atoms with Gasteiger partial charge in [0, 0.05) is 31.9 Å². The van der Waals surface area contributed by atoms with E-state index in [4.69, 9.17) is 10.5 Å². The second-order valence-corrected chi connectivity index (χ2v) is 4.36. The molecule has 18 heavy (non-hydrogen) atoms. The third-order valence-corrected chi connectivity index (χ3v) is 3.10. The zero-order valence-corrected chi connectivity index (χ0v) is 10.4. The van der Waals surface area contributed by atoms with E-state index in [1.54, 1.807) is 0 Å². The summed E-state index contributed by atoms with van der Waals surface area (Å²) in [6.07, 6.45) is 0. The van der Waals surface area contributed by atoms with E-state index < -0.39 is 0 Å². The zero-order chi connectivity index (χ0) is 13.0. The SMILES string of the molecule is Cc1ccc(C#N)c(N2CCN(CC#N)CC2)n1. The third-order valence-electron chi connectivity index (χ3n) is 3.10. The van der Waals surface area contributed by atoms with Gasteiger partial charge in [0.1, 0.15) is 11.9 Å². The van der Waals surface area contributed by atoms with Gasteiger partial charge in [-0.2, -0.15) is 10.5 Å². The molecule has 0 unspecified atom stereocenters. The summed E-state index contributed by atoms with van der Waals surface area (Å²) in [5.41, 5.74) is 1.54. The molecule has 0 atom stereocenters. The standard InChI is InChI=1S/C13H15N5/c1-11-2-3-12(10-15)13(16-11)18-8-6-17(5-4-14)7-9-18/h2-3H,5-9H2,1H3. The fraction of sp³-hybridized carbons (Fsp3) is 0.462. The Morgan fingerprint density at radius 2 is 1.94 bits per heavy atom. The lowest BCUT2D eigenvalue weighted by molar-refractivity contribution is 0.286. The van der Waals surface area contributed by atoms with Crippen LogP contribution in [0.25, 0.3) is 0 Å². The smallest absolute Gasteiger partial charge is 0.146 e. The van der Waals surface area contributed by atoms with Crippen molar-refractivity contribution in [3.8, 4) is 12.1 Å². The minimum absolute atomic E-state index is 0.472. The lowest BCUT2D eigenvalue weighted by atomic mass is 10.2. The summed E-state index contributed by atoms with van der Waals surface area (Å²) >= 11 is 0. The van der Waals surface area contributed by atoms with E-state index in [0.717, 1.165) is 37.7 Å². The summed E-state index contributed by atoms with van der Waals surface area (Å²) in [7, 11) is 0. The molecule has 0 N–H and O–H groups in total. The molecular formula is C13H15N5. The highest BCUT2D eigenvalue weighted by Crippen LogP contribution is 2.19. The molecule has 0 spiro atoms. The molecule has 2 rings (SSSR count). The highest BCUT2D eigenvalue weighted by Gasteiger charge is 2.20. The van der Waals surface area contributed by atoms with Crippen molar-refractivity contribution in [3.63, 3.8) is 0 Å².